The van der Waals surface area contributed by atoms with E-state index < -0.39 is 0 Å². The van der Waals surface area contributed by atoms with Crippen LogP contribution in [0.15, 0.2) is 36.7 Å². The first-order valence-electron chi connectivity index (χ1n) is 10.7. The molecule has 156 valence electrons. The number of carbonyl (C=O) groups excluding carboxylic acids is 1. The highest BCUT2D eigenvalue weighted by molar-refractivity contribution is 5.94. The molecule has 0 unspecified atom stereocenters. The Kier molecular flexibility index (Phi) is 3.86. The number of aromatic nitrogens is 3. The van der Waals surface area contributed by atoms with Crippen molar-refractivity contribution in [2.24, 2.45) is 11.3 Å². The number of rotatable bonds is 4. The van der Waals surface area contributed by atoms with Gasteiger partial charge in [0.2, 0.25) is 5.91 Å². The number of pyridine rings is 2. The number of hydrogen-bond acceptors (Lipinski definition) is 6. The number of nitrogens with one attached hydrogen (secondary N) is 1. The molecule has 0 radical (unpaired) electrons. The Hall–Kier alpha value is -3.44. The lowest BCUT2D eigenvalue weighted by molar-refractivity contribution is -0.117. The summed E-state index contributed by atoms with van der Waals surface area (Å²) < 4.78 is 1.76. The van der Waals surface area contributed by atoms with Crippen molar-refractivity contribution in [2.75, 3.05) is 43.4 Å². The second-order valence-electron chi connectivity index (χ2n) is 9.30. The third-order valence-electron chi connectivity index (χ3n) is 6.58. The van der Waals surface area contributed by atoms with Crippen molar-refractivity contribution >= 4 is 22.9 Å². The van der Waals surface area contributed by atoms with Gasteiger partial charge in [0.25, 0.3) is 0 Å². The Morgan fingerprint density at radius 3 is 2.74 bits per heavy atom. The summed E-state index contributed by atoms with van der Waals surface area (Å²) in [5, 5.41) is 16.8. The van der Waals surface area contributed by atoms with Crippen LogP contribution in [0.2, 0.25) is 0 Å². The predicted molar refractivity (Wildman–Crippen MR) is 117 cm³/mol. The fraction of sp³-hybridized carbons (Fsp3) is 0.391. The molecule has 1 amide bonds. The van der Waals surface area contributed by atoms with Gasteiger partial charge in [-0.05, 0) is 43.7 Å². The van der Waals surface area contributed by atoms with E-state index in [0.29, 0.717) is 16.9 Å². The van der Waals surface area contributed by atoms with Gasteiger partial charge in [-0.2, -0.15) is 10.4 Å². The summed E-state index contributed by atoms with van der Waals surface area (Å²) in [6, 6.07) is 9.96. The van der Waals surface area contributed by atoms with Crippen LogP contribution in [0.4, 0.5) is 11.5 Å². The SMILES string of the molecule is CN1CC2(C1)CN(c1cnc(C#N)cc1-c1ccn3nc(NC(=O)C4CC4)cc3c1)C2. The molecule has 3 aromatic rings. The largest absolute Gasteiger partial charge is 0.368 e. The average molecular weight is 413 g/mol. The maximum Gasteiger partial charge on any atom is 0.228 e. The molecule has 6 rings (SSSR count). The molecule has 1 aliphatic carbocycles. The van der Waals surface area contributed by atoms with Gasteiger partial charge in [-0.25, -0.2) is 9.50 Å². The maximum atomic E-state index is 12.1. The first-order valence-corrected chi connectivity index (χ1v) is 10.7. The Bertz CT molecular complexity index is 1240. The highest BCUT2D eigenvalue weighted by Gasteiger charge is 2.50. The average Bonchev–Trinajstić information content (AvgIpc) is 3.49. The molecule has 0 aromatic carbocycles. The van der Waals surface area contributed by atoms with Crippen LogP contribution in [-0.2, 0) is 4.79 Å². The van der Waals surface area contributed by atoms with Crippen LogP contribution in [0.3, 0.4) is 0 Å². The van der Waals surface area contributed by atoms with E-state index in [2.05, 4.69) is 38.3 Å². The minimum absolute atomic E-state index is 0.0482. The summed E-state index contributed by atoms with van der Waals surface area (Å²) in [7, 11) is 2.16. The normalized spacial score (nSPS) is 19.7. The van der Waals surface area contributed by atoms with Gasteiger partial charge in [-0.3, -0.25) is 4.79 Å². The van der Waals surface area contributed by atoms with E-state index in [1.54, 1.807) is 4.52 Å². The lowest BCUT2D eigenvalue weighted by atomic mass is 9.73. The molecule has 2 aliphatic heterocycles. The lowest BCUT2D eigenvalue weighted by Crippen LogP contribution is -2.71. The minimum Gasteiger partial charge on any atom is -0.368 e. The Morgan fingerprint density at radius 2 is 2.03 bits per heavy atom. The number of anilines is 2. The highest BCUT2D eigenvalue weighted by atomic mass is 16.2. The number of amides is 1. The van der Waals surface area contributed by atoms with Gasteiger partial charge in [0.15, 0.2) is 5.82 Å². The van der Waals surface area contributed by atoms with E-state index >= 15 is 0 Å². The van der Waals surface area contributed by atoms with Gasteiger partial charge >= 0.3 is 0 Å². The van der Waals surface area contributed by atoms with Crippen LogP contribution in [0.25, 0.3) is 16.6 Å². The molecule has 3 aromatic heterocycles. The number of likely N-dealkylation sites (tertiary alicyclic amines) is 1. The third-order valence-corrected chi connectivity index (χ3v) is 6.58. The van der Waals surface area contributed by atoms with Crippen LogP contribution in [0.5, 0.6) is 0 Å². The Morgan fingerprint density at radius 1 is 1.23 bits per heavy atom. The van der Waals surface area contributed by atoms with Crippen molar-refractivity contribution in [1.82, 2.24) is 19.5 Å². The van der Waals surface area contributed by atoms with E-state index in [0.717, 1.165) is 61.4 Å². The molecule has 31 heavy (non-hydrogen) atoms. The topological polar surface area (TPSA) is 89.6 Å². The molecule has 3 aliphatic rings. The van der Waals surface area contributed by atoms with E-state index in [1.807, 2.05) is 36.7 Å². The van der Waals surface area contributed by atoms with Crippen molar-refractivity contribution in [3.05, 3.63) is 42.4 Å². The first-order chi connectivity index (χ1) is 15.0. The van der Waals surface area contributed by atoms with Crippen molar-refractivity contribution in [3.63, 3.8) is 0 Å². The number of fused-ring (bicyclic) bond motifs is 1. The smallest absolute Gasteiger partial charge is 0.228 e. The van der Waals surface area contributed by atoms with Gasteiger partial charge in [0.1, 0.15) is 11.8 Å². The second kappa shape index (κ2) is 6.53. The summed E-state index contributed by atoms with van der Waals surface area (Å²) in [5.74, 6) is 0.756. The molecule has 2 saturated heterocycles. The molecule has 5 heterocycles. The summed E-state index contributed by atoms with van der Waals surface area (Å²) >= 11 is 0. The molecule has 1 saturated carbocycles. The van der Waals surface area contributed by atoms with Gasteiger partial charge in [-0.15, -0.1) is 0 Å². The zero-order chi connectivity index (χ0) is 21.2. The zero-order valence-electron chi connectivity index (χ0n) is 17.4. The predicted octanol–water partition coefficient (Wildman–Crippen LogP) is 2.37. The summed E-state index contributed by atoms with van der Waals surface area (Å²) in [6.07, 6.45) is 5.64. The van der Waals surface area contributed by atoms with Crippen molar-refractivity contribution < 1.29 is 4.79 Å². The van der Waals surface area contributed by atoms with E-state index in [-0.39, 0.29) is 11.8 Å². The molecule has 8 heteroatoms. The molecule has 8 nitrogen and oxygen atoms in total. The van der Waals surface area contributed by atoms with Crippen LogP contribution in [0.1, 0.15) is 18.5 Å². The van der Waals surface area contributed by atoms with Crippen LogP contribution >= 0.6 is 0 Å². The van der Waals surface area contributed by atoms with E-state index in [4.69, 9.17) is 0 Å². The third kappa shape index (κ3) is 3.13. The fourth-order valence-corrected chi connectivity index (χ4v) is 5.02. The number of hydrogen-bond donors (Lipinski definition) is 1. The standard InChI is InChI=1S/C23H23N7O/c1-28-11-23(12-28)13-29(14-23)20-10-25-17(9-24)7-19(20)16-4-5-30-18(6-16)8-21(27-30)26-22(31)15-2-3-15/h4-8,10,15H,2-3,11-14H2,1H3,(H,26,27,31). The molecule has 0 bridgehead atoms. The summed E-state index contributed by atoms with van der Waals surface area (Å²) in [5.41, 5.74) is 4.78. The van der Waals surface area contributed by atoms with Crippen molar-refractivity contribution in [1.29, 1.82) is 5.26 Å². The van der Waals surface area contributed by atoms with Crippen molar-refractivity contribution in [2.45, 2.75) is 12.8 Å². The minimum atomic E-state index is 0.0482. The highest BCUT2D eigenvalue weighted by Crippen LogP contribution is 2.44. The second-order valence-corrected chi connectivity index (χ2v) is 9.30. The molecule has 1 spiro atoms. The fourth-order valence-electron chi connectivity index (χ4n) is 5.02. The maximum absolute atomic E-state index is 12.1. The summed E-state index contributed by atoms with van der Waals surface area (Å²) in [6.45, 7) is 4.31. The molecular formula is C23H23N7O. The van der Waals surface area contributed by atoms with Crippen molar-refractivity contribution in [3.8, 4) is 17.2 Å². The first kappa shape index (κ1) is 18.3. The van der Waals surface area contributed by atoms with E-state index in [9.17, 15) is 10.1 Å². The monoisotopic (exact) mass is 413 g/mol. The molecular weight excluding hydrogens is 390 g/mol. The number of nitriles is 1. The molecule has 3 fully saturated rings. The molecule has 0 atom stereocenters. The number of nitrogens with zero attached hydrogens (tertiary/aromatic N) is 6. The van der Waals surface area contributed by atoms with Gasteiger partial charge in [0.05, 0.1) is 17.4 Å². The summed E-state index contributed by atoms with van der Waals surface area (Å²) in [4.78, 5) is 21.1. The zero-order valence-corrected chi connectivity index (χ0v) is 17.4. The van der Waals surface area contributed by atoms with Gasteiger partial charge in [-0.1, -0.05) is 0 Å². The Labute approximate surface area is 180 Å². The quantitative estimate of drug-likeness (QED) is 0.706. The van der Waals surface area contributed by atoms with Crippen LogP contribution in [0, 0.1) is 22.7 Å². The van der Waals surface area contributed by atoms with Gasteiger partial charge < -0.3 is 15.1 Å². The van der Waals surface area contributed by atoms with Gasteiger partial charge in [0, 0.05) is 55.3 Å². The van der Waals surface area contributed by atoms with Crippen LogP contribution in [-0.4, -0.2) is 58.6 Å². The lowest BCUT2D eigenvalue weighted by Gasteiger charge is -2.60. The van der Waals surface area contributed by atoms with E-state index in [1.165, 1.54) is 0 Å². The Balaban J connectivity index is 1.32. The molecule has 1 N–H and O–H groups in total. The van der Waals surface area contributed by atoms with Crippen LogP contribution < -0.4 is 10.2 Å². The number of carbonyl (C=O) groups is 1.